The van der Waals surface area contributed by atoms with Crippen molar-refractivity contribution in [3.63, 3.8) is 0 Å². The summed E-state index contributed by atoms with van der Waals surface area (Å²) in [6.45, 7) is 2.91. The number of ether oxygens (including phenoxy) is 1. The van der Waals surface area contributed by atoms with Crippen molar-refractivity contribution < 1.29 is 9.53 Å². The summed E-state index contributed by atoms with van der Waals surface area (Å²) in [5, 5.41) is 0. The monoisotopic (exact) mass is 262 g/mol. The van der Waals surface area contributed by atoms with Crippen LogP contribution in [0, 0.1) is 5.92 Å². The Morgan fingerprint density at radius 1 is 1.42 bits per heavy atom. The van der Waals surface area contributed by atoms with Crippen LogP contribution in [0.3, 0.4) is 0 Å². The number of hydrogen-bond donors (Lipinski definition) is 1. The van der Waals surface area contributed by atoms with Gasteiger partial charge in [0.1, 0.15) is 0 Å². The third kappa shape index (κ3) is 3.47. The maximum Gasteiger partial charge on any atom is 0.337 e. The molecule has 1 unspecified atom stereocenters. The first-order chi connectivity index (χ1) is 9.24. The Morgan fingerprint density at radius 2 is 2.16 bits per heavy atom. The van der Waals surface area contributed by atoms with Gasteiger partial charge in [0, 0.05) is 18.8 Å². The Morgan fingerprint density at radius 3 is 2.79 bits per heavy atom. The van der Waals surface area contributed by atoms with E-state index in [4.69, 9.17) is 10.5 Å². The standard InChI is InChI=1S/C15H22N2O2/c1-19-15(18)13-4-6-14(7-5-13)17-10-2-3-12(11-17)8-9-16/h4-7,12H,2-3,8-11,16H2,1H3. The number of esters is 1. The van der Waals surface area contributed by atoms with Crippen LogP contribution in [0.4, 0.5) is 5.69 Å². The number of piperidine rings is 1. The van der Waals surface area contributed by atoms with Crippen molar-refractivity contribution in [3.8, 4) is 0 Å². The predicted octanol–water partition coefficient (Wildman–Crippen LogP) is 2.04. The normalized spacial score (nSPS) is 19.3. The van der Waals surface area contributed by atoms with E-state index < -0.39 is 0 Å². The van der Waals surface area contributed by atoms with Crippen molar-refractivity contribution >= 4 is 11.7 Å². The fourth-order valence-electron chi connectivity index (χ4n) is 2.70. The summed E-state index contributed by atoms with van der Waals surface area (Å²) in [5.74, 6) is 0.408. The van der Waals surface area contributed by atoms with Gasteiger partial charge in [0.15, 0.2) is 0 Å². The van der Waals surface area contributed by atoms with E-state index in [9.17, 15) is 4.79 Å². The summed E-state index contributed by atoms with van der Waals surface area (Å²) in [5.41, 5.74) is 7.42. The van der Waals surface area contributed by atoms with Crippen molar-refractivity contribution in [1.29, 1.82) is 0 Å². The smallest absolute Gasteiger partial charge is 0.337 e. The first-order valence-corrected chi connectivity index (χ1v) is 6.88. The van der Waals surface area contributed by atoms with Gasteiger partial charge in [-0.15, -0.1) is 0 Å². The van der Waals surface area contributed by atoms with Gasteiger partial charge in [-0.25, -0.2) is 4.79 Å². The molecule has 4 nitrogen and oxygen atoms in total. The van der Waals surface area contributed by atoms with E-state index in [1.54, 1.807) is 0 Å². The van der Waals surface area contributed by atoms with Gasteiger partial charge in [-0.1, -0.05) is 0 Å². The average molecular weight is 262 g/mol. The van der Waals surface area contributed by atoms with Crippen LogP contribution in [-0.2, 0) is 4.74 Å². The molecule has 1 heterocycles. The number of methoxy groups -OCH3 is 1. The molecular formula is C15H22N2O2. The number of benzene rings is 1. The molecular weight excluding hydrogens is 240 g/mol. The average Bonchev–Trinajstić information content (AvgIpc) is 2.47. The number of carbonyl (C=O) groups is 1. The predicted molar refractivity (Wildman–Crippen MR) is 76.4 cm³/mol. The summed E-state index contributed by atoms with van der Waals surface area (Å²) in [6.07, 6.45) is 3.58. The molecule has 1 atom stereocenters. The Labute approximate surface area is 114 Å². The molecule has 1 fully saturated rings. The molecule has 1 saturated heterocycles. The topological polar surface area (TPSA) is 55.6 Å². The first-order valence-electron chi connectivity index (χ1n) is 6.88. The van der Waals surface area contributed by atoms with Crippen molar-refractivity contribution in [3.05, 3.63) is 29.8 Å². The number of rotatable bonds is 4. The van der Waals surface area contributed by atoms with Crippen LogP contribution in [0.2, 0.25) is 0 Å². The molecule has 0 amide bonds. The molecule has 1 aromatic rings. The van der Waals surface area contributed by atoms with Crippen molar-refractivity contribution in [1.82, 2.24) is 0 Å². The molecule has 0 saturated carbocycles. The molecule has 0 radical (unpaired) electrons. The Balaban J connectivity index is 2.03. The van der Waals surface area contributed by atoms with Gasteiger partial charge in [0.05, 0.1) is 12.7 Å². The van der Waals surface area contributed by atoms with E-state index in [0.717, 1.165) is 26.1 Å². The van der Waals surface area contributed by atoms with Crippen LogP contribution in [-0.4, -0.2) is 32.7 Å². The van der Waals surface area contributed by atoms with Crippen molar-refractivity contribution in [2.75, 3.05) is 31.6 Å². The molecule has 1 aliphatic heterocycles. The van der Waals surface area contributed by atoms with Gasteiger partial charge in [0.25, 0.3) is 0 Å². The Bertz CT molecular complexity index is 415. The van der Waals surface area contributed by atoms with Gasteiger partial charge >= 0.3 is 5.97 Å². The van der Waals surface area contributed by atoms with E-state index in [0.29, 0.717) is 11.5 Å². The lowest BCUT2D eigenvalue weighted by Crippen LogP contribution is -2.36. The Kier molecular flexibility index (Phi) is 4.80. The summed E-state index contributed by atoms with van der Waals surface area (Å²) >= 11 is 0. The number of carbonyl (C=O) groups excluding carboxylic acids is 1. The fraction of sp³-hybridized carbons (Fsp3) is 0.533. The molecule has 0 aromatic heterocycles. The highest BCUT2D eigenvalue weighted by atomic mass is 16.5. The lowest BCUT2D eigenvalue weighted by atomic mass is 9.94. The van der Waals surface area contributed by atoms with Crippen LogP contribution < -0.4 is 10.6 Å². The summed E-state index contributed by atoms with van der Waals surface area (Å²) in [4.78, 5) is 13.8. The highest BCUT2D eigenvalue weighted by Gasteiger charge is 2.19. The zero-order chi connectivity index (χ0) is 13.7. The van der Waals surface area contributed by atoms with Crippen LogP contribution in [0.25, 0.3) is 0 Å². The summed E-state index contributed by atoms with van der Waals surface area (Å²) in [7, 11) is 1.40. The van der Waals surface area contributed by atoms with E-state index in [-0.39, 0.29) is 5.97 Å². The van der Waals surface area contributed by atoms with E-state index in [1.165, 1.54) is 25.6 Å². The zero-order valence-corrected chi connectivity index (χ0v) is 11.5. The SMILES string of the molecule is COC(=O)c1ccc(N2CCCC(CCN)C2)cc1. The highest BCUT2D eigenvalue weighted by molar-refractivity contribution is 5.89. The van der Waals surface area contributed by atoms with E-state index in [1.807, 2.05) is 24.3 Å². The third-order valence-corrected chi connectivity index (χ3v) is 3.75. The molecule has 1 aromatic carbocycles. The minimum Gasteiger partial charge on any atom is -0.465 e. The van der Waals surface area contributed by atoms with Gasteiger partial charge in [-0.05, 0) is 56.0 Å². The second kappa shape index (κ2) is 6.57. The van der Waals surface area contributed by atoms with Gasteiger partial charge in [0.2, 0.25) is 0 Å². The molecule has 0 aliphatic carbocycles. The number of nitrogens with zero attached hydrogens (tertiary/aromatic N) is 1. The second-order valence-corrected chi connectivity index (χ2v) is 5.07. The van der Waals surface area contributed by atoms with Crippen LogP contribution in [0.1, 0.15) is 29.6 Å². The molecule has 104 valence electrons. The van der Waals surface area contributed by atoms with Crippen molar-refractivity contribution in [2.24, 2.45) is 11.7 Å². The molecule has 0 spiro atoms. The first kappa shape index (κ1) is 13.9. The minimum atomic E-state index is -0.286. The maximum atomic E-state index is 11.4. The summed E-state index contributed by atoms with van der Waals surface area (Å²) < 4.78 is 4.70. The maximum absolute atomic E-state index is 11.4. The van der Waals surface area contributed by atoms with Gasteiger partial charge in [-0.2, -0.15) is 0 Å². The molecule has 2 N–H and O–H groups in total. The lowest BCUT2D eigenvalue weighted by Gasteiger charge is -2.34. The molecule has 1 aliphatic rings. The van der Waals surface area contributed by atoms with Crippen LogP contribution in [0.5, 0.6) is 0 Å². The van der Waals surface area contributed by atoms with E-state index in [2.05, 4.69) is 4.90 Å². The quantitative estimate of drug-likeness (QED) is 0.844. The molecule has 0 bridgehead atoms. The largest absolute Gasteiger partial charge is 0.465 e. The molecule has 4 heteroatoms. The molecule has 19 heavy (non-hydrogen) atoms. The lowest BCUT2D eigenvalue weighted by molar-refractivity contribution is 0.0601. The minimum absolute atomic E-state index is 0.286. The van der Waals surface area contributed by atoms with Crippen LogP contribution in [0.15, 0.2) is 24.3 Å². The second-order valence-electron chi connectivity index (χ2n) is 5.07. The third-order valence-electron chi connectivity index (χ3n) is 3.75. The number of anilines is 1. The number of hydrogen-bond acceptors (Lipinski definition) is 4. The zero-order valence-electron chi connectivity index (χ0n) is 11.5. The fourth-order valence-corrected chi connectivity index (χ4v) is 2.70. The number of nitrogens with two attached hydrogens (primary N) is 1. The van der Waals surface area contributed by atoms with Crippen LogP contribution >= 0.6 is 0 Å². The van der Waals surface area contributed by atoms with Gasteiger partial charge < -0.3 is 15.4 Å². The summed E-state index contributed by atoms with van der Waals surface area (Å²) in [6, 6.07) is 7.65. The van der Waals surface area contributed by atoms with Crippen molar-refractivity contribution in [2.45, 2.75) is 19.3 Å². The molecule has 2 rings (SSSR count). The van der Waals surface area contributed by atoms with Gasteiger partial charge in [-0.3, -0.25) is 0 Å². The Hall–Kier alpha value is -1.55. The highest BCUT2D eigenvalue weighted by Crippen LogP contribution is 2.25. The van der Waals surface area contributed by atoms with E-state index >= 15 is 0 Å².